The molecule has 0 amide bonds. The van der Waals surface area contributed by atoms with Crippen LogP contribution in [0.25, 0.3) is 11.4 Å². The fourth-order valence-electron chi connectivity index (χ4n) is 1.33. The van der Waals surface area contributed by atoms with Crippen LogP contribution >= 0.6 is 11.8 Å². The second-order valence-corrected chi connectivity index (χ2v) is 4.31. The number of aliphatic carboxylic acids is 1. The average Bonchev–Trinajstić information content (AvgIpc) is 2.68. The standard InChI is InChI=1S/C10H9FN4O2S/c11-7-3-1-2-6(4-7)9-13-14-10(15(9)12)18-5-8(16)17/h1-4H,5,12H2,(H,16,17). The molecule has 0 aliphatic heterocycles. The van der Waals surface area contributed by atoms with Crippen molar-refractivity contribution in [3.63, 3.8) is 0 Å². The highest BCUT2D eigenvalue weighted by Crippen LogP contribution is 2.21. The monoisotopic (exact) mass is 268 g/mol. The van der Waals surface area contributed by atoms with Gasteiger partial charge in [-0.05, 0) is 12.1 Å². The topological polar surface area (TPSA) is 94.0 Å². The first-order valence-corrected chi connectivity index (χ1v) is 5.87. The van der Waals surface area contributed by atoms with E-state index in [-0.39, 0.29) is 16.7 Å². The molecule has 94 valence electrons. The van der Waals surface area contributed by atoms with E-state index in [1.165, 1.54) is 18.2 Å². The Kier molecular flexibility index (Phi) is 3.47. The molecule has 3 N–H and O–H groups in total. The zero-order valence-electron chi connectivity index (χ0n) is 9.08. The lowest BCUT2D eigenvalue weighted by Crippen LogP contribution is -2.12. The van der Waals surface area contributed by atoms with E-state index in [0.717, 1.165) is 16.4 Å². The molecule has 1 aromatic heterocycles. The van der Waals surface area contributed by atoms with Crippen molar-refractivity contribution in [1.82, 2.24) is 14.9 Å². The Morgan fingerprint density at radius 2 is 2.28 bits per heavy atom. The number of hydrogen-bond acceptors (Lipinski definition) is 5. The minimum atomic E-state index is -0.977. The zero-order chi connectivity index (χ0) is 13.1. The van der Waals surface area contributed by atoms with Crippen molar-refractivity contribution in [3.05, 3.63) is 30.1 Å². The molecule has 0 saturated heterocycles. The zero-order valence-corrected chi connectivity index (χ0v) is 9.89. The van der Waals surface area contributed by atoms with E-state index in [2.05, 4.69) is 10.2 Å². The molecule has 2 aromatic rings. The molecule has 0 aliphatic rings. The van der Waals surface area contributed by atoms with Crippen molar-refractivity contribution < 1.29 is 14.3 Å². The van der Waals surface area contributed by atoms with Gasteiger partial charge in [-0.1, -0.05) is 23.9 Å². The second kappa shape index (κ2) is 5.05. The number of nitrogens with two attached hydrogens (primary N) is 1. The summed E-state index contributed by atoms with van der Waals surface area (Å²) < 4.78 is 14.2. The number of aromatic nitrogens is 3. The quantitative estimate of drug-likeness (QED) is 0.634. The number of carboxylic acid groups (broad SMARTS) is 1. The Hall–Kier alpha value is -2.09. The molecule has 0 radical (unpaired) electrons. The van der Waals surface area contributed by atoms with Gasteiger partial charge < -0.3 is 10.9 Å². The molecular formula is C10H9FN4O2S. The van der Waals surface area contributed by atoms with Crippen LogP contribution in [0.4, 0.5) is 4.39 Å². The van der Waals surface area contributed by atoms with Crippen molar-refractivity contribution >= 4 is 17.7 Å². The van der Waals surface area contributed by atoms with Crippen molar-refractivity contribution in [3.8, 4) is 11.4 Å². The van der Waals surface area contributed by atoms with Crippen molar-refractivity contribution in [2.24, 2.45) is 0 Å². The van der Waals surface area contributed by atoms with E-state index in [0.29, 0.717) is 5.56 Å². The fourth-order valence-corrected chi connectivity index (χ4v) is 1.90. The van der Waals surface area contributed by atoms with Crippen LogP contribution in [0.2, 0.25) is 0 Å². The smallest absolute Gasteiger partial charge is 0.313 e. The lowest BCUT2D eigenvalue weighted by molar-refractivity contribution is -0.133. The van der Waals surface area contributed by atoms with E-state index >= 15 is 0 Å². The maximum absolute atomic E-state index is 13.1. The van der Waals surface area contributed by atoms with E-state index in [9.17, 15) is 9.18 Å². The first-order chi connectivity index (χ1) is 8.58. The summed E-state index contributed by atoms with van der Waals surface area (Å²) in [5.74, 6) is 4.46. The third-order valence-electron chi connectivity index (χ3n) is 2.07. The number of carboxylic acids is 1. The maximum Gasteiger partial charge on any atom is 0.313 e. The second-order valence-electron chi connectivity index (χ2n) is 3.37. The van der Waals surface area contributed by atoms with Crippen LogP contribution in [0.15, 0.2) is 29.4 Å². The average molecular weight is 268 g/mol. The predicted molar refractivity (Wildman–Crippen MR) is 63.9 cm³/mol. The molecule has 0 atom stereocenters. The van der Waals surface area contributed by atoms with Crippen LogP contribution in [0.5, 0.6) is 0 Å². The number of hydrogen-bond donors (Lipinski definition) is 2. The summed E-state index contributed by atoms with van der Waals surface area (Å²) in [6, 6.07) is 5.76. The Morgan fingerprint density at radius 1 is 1.50 bits per heavy atom. The SMILES string of the molecule is Nn1c(SCC(=O)O)nnc1-c1cccc(F)c1. The van der Waals surface area contributed by atoms with Crippen LogP contribution in [0.3, 0.4) is 0 Å². The fraction of sp³-hybridized carbons (Fsp3) is 0.100. The lowest BCUT2D eigenvalue weighted by atomic mass is 10.2. The molecule has 2 rings (SSSR count). The number of thioether (sulfide) groups is 1. The highest BCUT2D eigenvalue weighted by molar-refractivity contribution is 7.99. The van der Waals surface area contributed by atoms with Crippen LogP contribution in [-0.4, -0.2) is 31.7 Å². The van der Waals surface area contributed by atoms with Gasteiger partial charge in [-0.3, -0.25) is 4.79 Å². The molecule has 1 aromatic carbocycles. The van der Waals surface area contributed by atoms with Gasteiger partial charge in [0, 0.05) is 5.56 Å². The van der Waals surface area contributed by atoms with Crippen LogP contribution < -0.4 is 5.84 Å². The summed E-state index contributed by atoms with van der Waals surface area (Å²) in [4.78, 5) is 10.4. The van der Waals surface area contributed by atoms with Gasteiger partial charge in [0.2, 0.25) is 5.16 Å². The van der Waals surface area contributed by atoms with Gasteiger partial charge in [-0.2, -0.15) is 0 Å². The Labute approximate surface area is 106 Å². The van der Waals surface area contributed by atoms with Gasteiger partial charge in [-0.25, -0.2) is 9.07 Å². The van der Waals surface area contributed by atoms with Crippen molar-refractivity contribution in [2.45, 2.75) is 5.16 Å². The summed E-state index contributed by atoms with van der Waals surface area (Å²) in [5.41, 5.74) is 0.479. The normalized spacial score (nSPS) is 10.5. The molecule has 18 heavy (non-hydrogen) atoms. The Bertz CT molecular complexity index is 587. The highest BCUT2D eigenvalue weighted by atomic mass is 32.2. The predicted octanol–water partition coefficient (Wildman–Crippen LogP) is 0.975. The third kappa shape index (κ3) is 2.59. The van der Waals surface area contributed by atoms with Crippen molar-refractivity contribution in [2.75, 3.05) is 11.6 Å². The van der Waals surface area contributed by atoms with Gasteiger partial charge in [0.25, 0.3) is 0 Å². The Balaban J connectivity index is 2.28. The van der Waals surface area contributed by atoms with Gasteiger partial charge in [-0.15, -0.1) is 10.2 Å². The number of carbonyl (C=O) groups is 1. The summed E-state index contributed by atoms with van der Waals surface area (Å²) in [6.45, 7) is 0. The third-order valence-corrected chi connectivity index (χ3v) is 3.00. The van der Waals surface area contributed by atoms with Gasteiger partial charge in [0.1, 0.15) is 5.82 Å². The lowest BCUT2D eigenvalue weighted by Gasteiger charge is -2.02. The summed E-state index contributed by atoms with van der Waals surface area (Å²) in [7, 11) is 0. The van der Waals surface area contributed by atoms with Crippen LogP contribution in [0.1, 0.15) is 0 Å². The molecule has 1 heterocycles. The summed E-state index contributed by atoms with van der Waals surface area (Å²) in [6.07, 6.45) is 0. The summed E-state index contributed by atoms with van der Waals surface area (Å²) >= 11 is 0.946. The van der Waals surface area contributed by atoms with Crippen LogP contribution in [0, 0.1) is 5.82 Å². The number of nitrogen functional groups attached to an aromatic ring is 1. The maximum atomic E-state index is 13.1. The van der Waals surface area contributed by atoms with E-state index in [1.807, 2.05) is 0 Å². The van der Waals surface area contributed by atoms with Crippen molar-refractivity contribution in [1.29, 1.82) is 0 Å². The molecule has 0 fully saturated rings. The van der Waals surface area contributed by atoms with E-state index < -0.39 is 11.8 Å². The number of nitrogens with zero attached hydrogens (tertiary/aromatic N) is 3. The molecular weight excluding hydrogens is 259 g/mol. The first kappa shape index (κ1) is 12.4. The number of halogens is 1. The molecule has 0 aliphatic carbocycles. The molecule has 0 spiro atoms. The molecule has 8 heteroatoms. The summed E-state index contributed by atoms with van der Waals surface area (Å²) in [5, 5.41) is 16.4. The molecule has 6 nitrogen and oxygen atoms in total. The number of rotatable bonds is 4. The Morgan fingerprint density at radius 3 is 2.94 bits per heavy atom. The number of benzene rings is 1. The van der Waals surface area contributed by atoms with Crippen LogP contribution in [-0.2, 0) is 4.79 Å². The van der Waals surface area contributed by atoms with Gasteiger partial charge in [0.15, 0.2) is 5.82 Å². The van der Waals surface area contributed by atoms with E-state index in [4.69, 9.17) is 10.9 Å². The minimum absolute atomic E-state index is 0.168. The van der Waals surface area contributed by atoms with Gasteiger partial charge in [0.05, 0.1) is 5.75 Å². The highest BCUT2D eigenvalue weighted by Gasteiger charge is 2.13. The molecule has 0 unspecified atom stereocenters. The molecule has 0 bridgehead atoms. The minimum Gasteiger partial charge on any atom is -0.481 e. The van der Waals surface area contributed by atoms with E-state index in [1.54, 1.807) is 6.07 Å². The largest absolute Gasteiger partial charge is 0.481 e. The molecule has 0 saturated carbocycles. The first-order valence-electron chi connectivity index (χ1n) is 4.89. The van der Waals surface area contributed by atoms with Gasteiger partial charge >= 0.3 is 5.97 Å².